The minimum Gasteiger partial charge on any atom is -0.458 e. The van der Waals surface area contributed by atoms with Crippen molar-refractivity contribution in [2.45, 2.75) is 118 Å². The van der Waals surface area contributed by atoms with Crippen LogP contribution in [0.1, 0.15) is 81.2 Å². The van der Waals surface area contributed by atoms with E-state index in [2.05, 4.69) is 21.3 Å². The van der Waals surface area contributed by atoms with Gasteiger partial charge in [0.05, 0.1) is 0 Å². The molecule has 1 heterocycles. The van der Waals surface area contributed by atoms with Crippen LogP contribution in [0.15, 0.2) is 24.3 Å². The molecule has 1 aliphatic carbocycles. The number of alkyl halides is 2. The topological polar surface area (TPSA) is 146 Å². The fourth-order valence-electron chi connectivity index (χ4n) is 6.62. The minimum absolute atomic E-state index is 0.0490. The van der Waals surface area contributed by atoms with E-state index in [-0.39, 0.29) is 36.3 Å². The summed E-state index contributed by atoms with van der Waals surface area (Å²) in [4.78, 5) is 68.8. The summed E-state index contributed by atoms with van der Waals surface area (Å²) in [6.45, 7) is 18.2. The number of nitrogens with one attached hydrogen (secondary N) is 4. The van der Waals surface area contributed by atoms with Crippen molar-refractivity contribution in [2.75, 3.05) is 13.1 Å². The zero-order chi connectivity index (χ0) is 37.9. The number of likely N-dealkylation sites (tertiary alicyclic amines) is 1. The highest BCUT2D eigenvalue weighted by molar-refractivity contribution is 6.31. The highest BCUT2D eigenvalue weighted by Gasteiger charge is 2.70. The number of hydrogen-bond acceptors (Lipinski definition) is 6. The first-order chi connectivity index (χ1) is 23.0. The molecule has 3 rings (SSSR count). The number of urea groups is 1. The number of carbonyl (C=O) groups is 5. The summed E-state index contributed by atoms with van der Waals surface area (Å²) in [5, 5.41) is 11.0. The Morgan fingerprint density at radius 3 is 2.16 bits per heavy atom. The molecule has 1 saturated heterocycles. The molecule has 1 aromatic rings. The molecule has 50 heavy (non-hydrogen) atoms. The van der Waals surface area contributed by atoms with Gasteiger partial charge in [-0.05, 0) is 67.4 Å². The third kappa shape index (κ3) is 10.3. The minimum atomic E-state index is -2.88. The summed E-state index contributed by atoms with van der Waals surface area (Å²) in [5.41, 5.74) is -1.16. The summed E-state index contributed by atoms with van der Waals surface area (Å²) in [6, 6.07) is 1.57. The van der Waals surface area contributed by atoms with Crippen molar-refractivity contribution in [2.24, 2.45) is 28.6 Å². The second-order valence-electron chi connectivity index (χ2n) is 16.4. The van der Waals surface area contributed by atoms with Crippen LogP contribution in [0.5, 0.6) is 0 Å². The lowest BCUT2D eigenvalue weighted by Gasteiger charge is -2.38. The van der Waals surface area contributed by atoms with Crippen molar-refractivity contribution in [3.8, 4) is 0 Å². The van der Waals surface area contributed by atoms with Gasteiger partial charge in [0.25, 0.3) is 0 Å². The fraction of sp³-hybridized carbons (Fsp3) is 0.694. The first-order valence-electron chi connectivity index (χ1n) is 17.2. The number of ether oxygens (including phenoxy) is 1. The number of amides is 5. The van der Waals surface area contributed by atoms with Gasteiger partial charge >= 0.3 is 12.0 Å². The van der Waals surface area contributed by atoms with Gasteiger partial charge in [-0.3, -0.25) is 14.4 Å². The van der Waals surface area contributed by atoms with E-state index < -0.39 is 77.8 Å². The van der Waals surface area contributed by atoms with E-state index in [4.69, 9.17) is 16.3 Å². The number of halogens is 3. The van der Waals surface area contributed by atoms with Crippen molar-refractivity contribution < 1.29 is 37.5 Å². The van der Waals surface area contributed by atoms with E-state index >= 15 is 0 Å². The van der Waals surface area contributed by atoms with E-state index in [0.717, 1.165) is 5.56 Å². The Morgan fingerprint density at radius 2 is 1.62 bits per heavy atom. The smallest absolute Gasteiger partial charge is 0.329 e. The van der Waals surface area contributed by atoms with Crippen LogP contribution in [0.3, 0.4) is 0 Å². The standard InChI is InChI=1S/C36H54ClF2N5O6/c1-19(2)26(32(48)50-35(6,7)8)42-33(49)43-28(34(3,4)5)31(47)44-18-21-25(36(21,9)10)27(44)30(46)41-23(17-24(38)39)29(45)40-16-15-20-13-11-12-14-22(20)37/h11-14,19,21,23-28H,15-18H2,1-10H3,(H,40,45)(H,41,46)(H2,42,43,49)/t21-,23?,25-,26-,27-,28+/m0/s1. The fourth-order valence-corrected chi connectivity index (χ4v) is 6.85. The van der Waals surface area contributed by atoms with Gasteiger partial charge in [0.2, 0.25) is 24.1 Å². The Bertz CT molecular complexity index is 1430. The van der Waals surface area contributed by atoms with Crippen LogP contribution >= 0.6 is 11.6 Å². The van der Waals surface area contributed by atoms with Crippen molar-refractivity contribution in [3.05, 3.63) is 34.9 Å². The number of fused-ring (bicyclic) bond motifs is 1. The number of carbonyl (C=O) groups excluding carboxylic acids is 5. The third-order valence-electron chi connectivity index (χ3n) is 9.46. The first-order valence-corrected chi connectivity index (χ1v) is 17.5. The van der Waals surface area contributed by atoms with E-state index in [1.165, 1.54) is 4.90 Å². The summed E-state index contributed by atoms with van der Waals surface area (Å²) >= 11 is 6.19. The van der Waals surface area contributed by atoms with Crippen LogP contribution in [-0.2, 0) is 30.3 Å². The van der Waals surface area contributed by atoms with E-state index in [0.29, 0.717) is 11.4 Å². The Kier molecular flexibility index (Phi) is 13.0. The number of rotatable bonds is 13. The molecule has 14 heteroatoms. The average molecular weight is 726 g/mol. The molecule has 0 radical (unpaired) electrons. The second-order valence-corrected chi connectivity index (χ2v) is 16.8. The quantitative estimate of drug-likeness (QED) is 0.217. The zero-order valence-electron chi connectivity index (χ0n) is 30.8. The summed E-state index contributed by atoms with van der Waals surface area (Å²) in [6.07, 6.45) is -3.44. The maximum atomic E-state index is 14.3. The van der Waals surface area contributed by atoms with Gasteiger partial charge in [-0.25, -0.2) is 18.4 Å². The van der Waals surface area contributed by atoms with Crippen molar-refractivity contribution in [3.63, 3.8) is 0 Å². The van der Waals surface area contributed by atoms with Crippen LogP contribution in [0, 0.1) is 28.6 Å². The highest BCUT2D eigenvalue weighted by Crippen LogP contribution is 2.65. The lowest BCUT2D eigenvalue weighted by molar-refractivity contribution is -0.158. The molecular formula is C36H54ClF2N5O6. The molecule has 280 valence electrons. The SMILES string of the molecule is CC(C)[C@H](NC(=O)N[C@H](C(=O)N1C[C@H]2[C@@H]([C@H]1C(=O)NC(CC(F)F)C(=O)NCCc1ccccc1Cl)C2(C)C)C(C)(C)C)C(=O)OC(C)(C)C. The Balaban J connectivity index is 1.78. The maximum absolute atomic E-state index is 14.3. The first kappa shape index (κ1) is 40.9. The largest absolute Gasteiger partial charge is 0.458 e. The van der Waals surface area contributed by atoms with Gasteiger partial charge in [0.1, 0.15) is 29.8 Å². The summed E-state index contributed by atoms with van der Waals surface area (Å²) < 4.78 is 32.8. The zero-order valence-corrected chi connectivity index (χ0v) is 31.5. The van der Waals surface area contributed by atoms with E-state index in [1.807, 2.05) is 13.8 Å². The predicted octanol–water partition coefficient (Wildman–Crippen LogP) is 4.70. The number of esters is 1. The molecule has 1 aromatic carbocycles. The maximum Gasteiger partial charge on any atom is 0.329 e. The van der Waals surface area contributed by atoms with Crippen LogP contribution in [0.25, 0.3) is 0 Å². The Hall–Kier alpha value is -3.48. The van der Waals surface area contributed by atoms with Crippen molar-refractivity contribution >= 4 is 41.3 Å². The number of hydrogen-bond donors (Lipinski definition) is 4. The molecule has 2 aliphatic rings. The molecule has 4 N–H and O–H groups in total. The Labute approximate surface area is 299 Å². The van der Waals surface area contributed by atoms with Gasteiger partial charge in [0.15, 0.2) is 0 Å². The van der Waals surface area contributed by atoms with Gasteiger partial charge < -0.3 is 30.9 Å². The van der Waals surface area contributed by atoms with E-state index in [1.54, 1.807) is 79.7 Å². The molecule has 0 bridgehead atoms. The molecule has 6 atom stereocenters. The monoisotopic (exact) mass is 725 g/mol. The molecule has 1 unspecified atom stereocenters. The molecule has 1 aliphatic heterocycles. The molecular weight excluding hydrogens is 672 g/mol. The van der Waals surface area contributed by atoms with Gasteiger partial charge in [-0.2, -0.15) is 0 Å². The van der Waals surface area contributed by atoms with Gasteiger partial charge in [-0.15, -0.1) is 0 Å². The molecule has 0 spiro atoms. The van der Waals surface area contributed by atoms with Crippen molar-refractivity contribution in [1.82, 2.24) is 26.2 Å². The van der Waals surface area contributed by atoms with Gasteiger partial charge in [-0.1, -0.05) is 78.3 Å². The molecule has 11 nitrogen and oxygen atoms in total. The normalized spacial score (nSPS) is 21.5. The second kappa shape index (κ2) is 15.8. The average Bonchev–Trinajstić information content (AvgIpc) is 3.29. The number of nitrogens with zero attached hydrogens (tertiary/aromatic N) is 1. The highest BCUT2D eigenvalue weighted by atomic mass is 35.5. The Morgan fingerprint density at radius 1 is 1.00 bits per heavy atom. The molecule has 5 amide bonds. The van der Waals surface area contributed by atoms with Crippen LogP contribution < -0.4 is 21.3 Å². The number of benzene rings is 1. The molecule has 1 saturated carbocycles. The van der Waals surface area contributed by atoms with Crippen LogP contribution in [0.2, 0.25) is 5.02 Å². The lowest BCUT2D eigenvalue weighted by atomic mass is 9.85. The number of piperidine rings is 1. The van der Waals surface area contributed by atoms with Crippen LogP contribution in [0.4, 0.5) is 13.6 Å². The molecule has 2 fully saturated rings. The van der Waals surface area contributed by atoms with Crippen molar-refractivity contribution in [1.29, 1.82) is 0 Å². The predicted molar refractivity (Wildman–Crippen MR) is 186 cm³/mol. The van der Waals surface area contributed by atoms with Crippen LogP contribution in [-0.4, -0.2) is 83.9 Å². The summed E-state index contributed by atoms with van der Waals surface area (Å²) in [7, 11) is 0. The third-order valence-corrected chi connectivity index (χ3v) is 9.83. The lowest BCUT2D eigenvalue weighted by Crippen LogP contribution is -2.62. The van der Waals surface area contributed by atoms with E-state index in [9.17, 15) is 32.8 Å². The van der Waals surface area contributed by atoms with Gasteiger partial charge in [0, 0.05) is 24.5 Å². The summed E-state index contributed by atoms with van der Waals surface area (Å²) in [5.74, 6) is -3.31. The molecule has 0 aromatic heterocycles.